The molecule has 0 amide bonds. The number of nitrogens with one attached hydrogen (secondary N) is 2. The number of hydrogen-bond donors (Lipinski definition) is 2. The number of hydrogen-bond acceptors (Lipinski definition) is 2. The number of unbranched alkanes of at least 4 members (excludes halogenated alkanes) is 4. The molecule has 2 aromatic rings. The standard InChI is InChI=1S/C31H46Br2N4/c32-30(36-22-18-28(19-23-36)34-26-12-6-4-7-13-26)16-10-2-1-3-11-17-31(33)37-24-20-29(21-25-37)35-27-14-8-5-9-15-27/h18-27,30-31H,1-17H2/p+2. The monoisotopic (exact) mass is 634 g/mol. The van der Waals surface area contributed by atoms with Crippen LogP contribution in [-0.2, 0) is 0 Å². The zero-order chi connectivity index (χ0) is 25.7. The Morgan fingerprint density at radius 1 is 0.568 bits per heavy atom. The number of rotatable bonds is 14. The SMILES string of the molecule is BrC(CCCCCCCC(Br)[n+]1ccc(NC2CCCCC2)cc1)[n+]1ccc(NC2CCCCC2)cc1. The lowest BCUT2D eigenvalue weighted by atomic mass is 9.95. The van der Waals surface area contributed by atoms with Gasteiger partial charge in [0, 0.05) is 60.6 Å². The normalized spacial score (nSPS) is 18.9. The first kappa shape index (κ1) is 28.9. The highest BCUT2D eigenvalue weighted by atomic mass is 79.9. The van der Waals surface area contributed by atoms with E-state index < -0.39 is 0 Å². The zero-order valence-corrected chi connectivity index (χ0v) is 25.8. The topological polar surface area (TPSA) is 31.8 Å². The van der Waals surface area contributed by atoms with Crippen molar-refractivity contribution in [1.82, 2.24) is 0 Å². The van der Waals surface area contributed by atoms with E-state index in [-0.39, 0.29) is 0 Å². The van der Waals surface area contributed by atoms with E-state index in [4.69, 9.17) is 0 Å². The largest absolute Gasteiger partial charge is 0.382 e. The van der Waals surface area contributed by atoms with Gasteiger partial charge in [0.15, 0.2) is 24.8 Å². The van der Waals surface area contributed by atoms with Crippen LogP contribution < -0.4 is 19.8 Å². The van der Waals surface area contributed by atoms with Gasteiger partial charge in [0.1, 0.15) is 0 Å². The van der Waals surface area contributed by atoms with Crippen LogP contribution in [0.15, 0.2) is 49.1 Å². The molecule has 2 unspecified atom stereocenters. The molecule has 0 saturated heterocycles. The van der Waals surface area contributed by atoms with Crippen LogP contribution in [-0.4, -0.2) is 12.1 Å². The van der Waals surface area contributed by atoms with Crippen molar-refractivity contribution >= 4 is 43.2 Å². The van der Waals surface area contributed by atoms with Crippen LogP contribution in [0.3, 0.4) is 0 Å². The van der Waals surface area contributed by atoms with Crippen LogP contribution in [0.1, 0.15) is 119 Å². The van der Waals surface area contributed by atoms with Crippen LogP contribution in [0.4, 0.5) is 11.4 Å². The number of alkyl halides is 2. The van der Waals surface area contributed by atoms with Gasteiger partial charge in [0.05, 0.1) is 0 Å². The molecule has 0 radical (unpaired) electrons. The Morgan fingerprint density at radius 3 is 1.30 bits per heavy atom. The average molecular weight is 637 g/mol. The molecular weight excluding hydrogens is 588 g/mol. The molecule has 4 nitrogen and oxygen atoms in total. The minimum absolute atomic E-state index is 0.384. The summed E-state index contributed by atoms with van der Waals surface area (Å²) in [7, 11) is 0. The van der Waals surface area contributed by atoms with Crippen molar-refractivity contribution in [2.45, 2.75) is 131 Å². The van der Waals surface area contributed by atoms with Gasteiger partial charge in [-0.15, -0.1) is 0 Å². The molecule has 0 aliphatic heterocycles. The molecular formula is C31H48Br2N4+2. The predicted octanol–water partition coefficient (Wildman–Crippen LogP) is 8.97. The summed E-state index contributed by atoms with van der Waals surface area (Å²) in [5, 5.41) is 7.44. The maximum absolute atomic E-state index is 3.90. The van der Waals surface area contributed by atoms with Crippen molar-refractivity contribution in [3.63, 3.8) is 0 Å². The number of halogens is 2. The summed E-state index contributed by atoms with van der Waals surface area (Å²) in [6.07, 6.45) is 31.3. The summed E-state index contributed by atoms with van der Waals surface area (Å²) in [5.41, 5.74) is 2.52. The third-order valence-corrected chi connectivity index (χ3v) is 10.0. The second kappa shape index (κ2) is 16.1. The highest BCUT2D eigenvalue weighted by molar-refractivity contribution is 9.09. The van der Waals surface area contributed by atoms with Gasteiger partial charge in [0.2, 0.25) is 9.90 Å². The van der Waals surface area contributed by atoms with Gasteiger partial charge in [-0.3, -0.25) is 0 Å². The summed E-state index contributed by atoms with van der Waals surface area (Å²) in [4.78, 5) is 0.769. The zero-order valence-electron chi connectivity index (χ0n) is 22.6. The number of anilines is 2. The summed E-state index contributed by atoms with van der Waals surface area (Å²) < 4.78 is 4.60. The maximum atomic E-state index is 3.90. The Labute approximate surface area is 242 Å². The first-order chi connectivity index (χ1) is 18.2. The fourth-order valence-corrected chi connectivity index (χ4v) is 7.05. The van der Waals surface area contributed by atoms with Crippen LogP contribution in [0, 0.1) is 0 Å². The maximum Gasteiger partial charge on any atom is 0.211 e. The van der Waals surface area contributed by atoms with E-state index in [0.29, 0.717) is 22.0 Å². The Hall–Kier alpha value is -1.14. The highest BCUT2D eigenvalue weighted by Gasteiger charge is 2.18. The third kappa shape index (κ3) is 10.2. The van der Waals surface area contributed by atoms with Gasteiger partial charge in [-0.2, -0.15) is 9.13 Å². The van der Waals surface area contributed by atoms with Crippen molar-refractivity contribution in [3.8, 4) is 0 Å². The molecule has 0 spiro atoms. The van der Waals surface area contributed by atoms with Crippen LogP contribution in [0.25, 0.3) is 0 Å². The fourth-order valence-electron chi connectivity index (χ4n) is 5.86. The number of pyridine rings is 2. The van der Waals surface area contributed by atoms with Gasteiger partial charge < -0.3 is 10.6 Å². The lowest BCUT2D eigenvalue weighted by Crippen LogP contribution is -2.35. The molecule has 4 rings (SSSR count). The molecule has 204 valence electrons. The van der Waals surface area contributed by atoms with Crippen LogP contribution in [0.2, 0.25) is 0 Å². The lowest BCUT2D eigenvalue weighted by Gasteiger charge is -2.23. The molecule has 2 saturated carbocycles. The minimum atomic E-state index is 0.384. The molecule has 2 N–H and O–H groups in total. The number of aromatic nitrogens is 2. The van der Waals surface area contributed by atoms with E-state index in [1.54, 1.807) is 0 Å². The summed E-state index contributed by atoms with van der Waals surface area (Å²) in [6.45, 7) is 0. The van der Waals surface area contributed by atoms with Crippen molar-refractivity contribution in [2.75, 3.05) is 10.6 Å². The van der Waals surface area contributed by atoms with E-state index in [9.17, 15) is 0 Å². The van der Waals surface area contributed by atoms with Crippen LogP contribution >= 0.6 is 31.9 Å². The van der Waals surface area contributed by atoms with E-state index in [0.717, 1.165) is 0 Å². The summed E-state index contributed by atoms with van der Waals surface area (Å²) in [5.74, 6) is 0. The van der Waals surface area contributed by atoms with E-state index in [1.165, 1.54) is 121 Å². The molecule has 2 aromatic heterocycles. The fraction of sp³-hybridized carbons (Fsp3) is 0.677. The van der Waals surface area contributed by atoms with Crippen molar-refractivity contribution in [2.24, 2.45) is 0 Å². The minimum Gasteiger partial charge on any atom is -0.382 e. The van der Waals surface area contributed by atoms with Gasteiger partial charge in [0.25, 0.3) is 0 Å². The highest BCUT2D eigenvalue weighted by Crippen LogP contribution is 2.24. The van der Waals surface area contributed by atoms with E-state index in [1.807, 2.05) is 0 Å². The Kier molecular flexibility index (Phi) is 12.5. The summed E-state index contributed by atoms with van der Waals surface area (Å²) in [6, 6.07) is 10.3. The quantitative estimate of drug-likeness (QED) is 0.123. The van der Waals surface area contributed by atoms with Crippen molar-refractivity contribution in [1.29, 1.82) is 0 Å². The van der Waals surface area contributed by atoms with Crippen molar-refractivity contribution in [3.05, 3.63) is 49.1 Å². The Balaban J connectivity index is 1.05. The van der Waals surface area contributed by atoms with Gasteiger partial charge in [-0.1, -0.05) is 57.8 Å². The Bertz CT molecular complexity index is 804. The van der Waals surface area contributed by atoms with Gasteiger partial charge in [-0.05, 0) is 70.4 Å². The molecule has 6 heteroatoms. The molecule has 0 bridgehead atoms. The average Bonchev–Trinajstić information content (AvgIpc) is 2.94. The predicted molar refractivity (Wildman–Crippen MR) is 163 cm³/mol. The Morgan fingerprint density at radius 2 is 0.919 bits per heavy atom. The third-order valence-electron chi connectivity index (χ3n) is 8.19. The lowest BCUT2D eigenvalue weighted by molar-refractivity contribution is -0.698. The molecule has 2 aliphatic rings. The first-order valence-electron chi connectivity index (χ1n) is 15.0. The van der Waals surface area contributed by atoms with Crippen molar-refractivity contribution < 1.29 is 9.13 Å². The van der Waals surface area contributed by atoms with Gasteiger partial charge >= 0.3 is 0 Å². The molecule has 2 heterocycles. The second-order valence-electron chi connectivity index (χ2n) is 11.2. The molecule has 37 heavy (non-hydrogen) atoms. The molecule has 2 aliphatic carbocycles. The summed E-state index contributed by atoms with van der Waals surface area (Å²) >= 11 is 7.80. The molecule has 0 aromatic carbocycles. The van der Waals surface area contributed by atoms with E-state index in [2.05, 4.69) is 101 Å². The smallest absolute Gasteiger partial charge is 0.211 e. The second-order valence-corrected chi connectivity index (χ2v) is 13.4. The van der Waals surface area contributed by atoms with Gasteiger partial charge in [-0.25, -0.2) is 0 Å². The number of nitrogens with zero attached hydrogens (tertiary/aromatic N) is 2. The molecule has 2 atom stereocenters. The molecule has 2 fully saturated rings. The van der Waals surface area contributed by atoms with Crippen LogP contribution in [0.5, 0.6) is 0 Å². The van der Waals surface area contributed by atoms with E-state index >= 15 is 0 Å². The first-order valence-corrected chi connectivity index (χ1v) is 16.8.